The second kappa shape index (κ2) is 5.88. The van der Waals surface area contributed by atoms with E-state index in [0.717, 1.165) is 12.8 Å². The molecule has 0 saturated carbocycles. The Hall–Kier alpha value is -0.820. The van der Waals surface area contributed by atoms with Crippen LogP contribution in [0.5, 0.6) is 0 Å². The zero-order valence-electron chi connectivity index (χ0n) is 10.4. The lowest BCUT2D eigenvalue weighted by atomic mass is 9.86. The van der Waals surface area contributed by atoms with Crippen LogP contribution in [0.3, 0.4) is 0 Å². The van der Waals surface area contributed by atoms with Crippen LogP contribution in [0.25, 0.3) is 0 Å². The predicted octanol–water partition coefficient (Wildman–Crippen LogP) is 1.30. The molecule has 7 heteroatoms. The summed E-state index contributed by atoms with van der Waals surface area (Å²) in [5.41, 5.74) is 5.67. The van der Waals surface area contributed by atoms with Crippen LogP contribution in [0, 0.1) is 0 Å². The van der Waals surface area contributed by atoms with E-state index in [1.54, 1.807) is 4.90 Å². The van der Waals surface area contributed by atoms with Gasteiger partial charge in [-0.1, -0.05) is 13.3 Å². The largest absolute Gasteiger partial charge is 0.411 e. The van der Waals surface area contributed by atoms with Crippen LogP contribution in [0.15, 0.2) is 0 Å². The highest BCUT2D eigenvalue weighted by Crippen LogP contribution is 2.23. The zero-order chi connectivity index (χ0) is 13.8. The van der Waals surface area contributed by atoms with Gasteiger partial charge in [-0.25, -0.2) is 0 Å². The SMILES string of the molecule is CCCC1(N)CN(C(=O)CCOCC(F)(F)F)C1. The number of alkyl halides is 3. The van der Waals surface area contributed by atoms with Crippen LogP contribution in [0.1, 0.15) is 26.2 Å². The molecule has 4 nitrogen and oxygen atoms in total. The van der Waals surface area contributed by atoms with Crippen LogP contribution < -0.4 is 5.73 Å². The van der Waals surface area contributed by atoms with E-state index < -0.39 is 12.8 Å². The topological polar surface area (TPSA) is 55.6 Å². The minimum atomic E-state index is -4.34. The molecule has 1 heterocycles. The normalized spacial score (nSPS) is 18.6. The minimum absolute atomic E-state index is 0.0295. The fourth-order valence-electron chi connectivity index (χ4n) is 2.05. The molecule has 2 N–H and O–H groups in total. The van der Waals surface area contributed by atoms with Gasteiger partial charge in [0.15, 0.2) is 0 Å². The fraction of sp³-hybridized carbons (Fsp3) is 0.909. The van der Waals surface area contributed by atoms with Gasteiger partial charge in [0.2, 0.25) is 5.91 Å². The minimum Gasteiger partial charge on any atom is -0.372 e. The number of hydrogen-bond donors (Lipinski definition) is 1. The first kappa shape index (κ1) is 15.2. The summed E-state index contributed by atoms with van der Waals surface area (Å²) in [4.78, 5) is 13.1. The van der Waals surface area contributed by atoms with E-state index in [2.05, 4.69) is 4.74 Å². The zero-order valence-corrected chi connectivity index (χ0v) is 10.4. The van der Waals surface area contributed by atoms with Gasteiger partial charge in [-0.2, -0.15) is 13.2 Å². The molecule has 1 amide bonds. The molecule has 0 unspecified atom stereocenters. The third kappa shape index (κ3) is 4.81. The maximum absolute atomic E-state index is 11.8. The summed E-state index contributed by atoms with van der Waals surface area (Å²) in [5.74, 6) is -0.200. The molecule has 18 heavy (non-hydrogen) atoms. The molecule has 0 aromatic heterocycles. The summed E-state index contributed by atoms with van der Waals surface area (Å²) >= 11 is 0. The van der Waals surface area contributed by atoms with Crippen molar-refractivity contribution in [2.75, 3.05) is 26.3 Å². The van der Waals surface area contributed by atoms with E-state index >= 15 is 0 Å². The molecule has 0 aromatic rings. The molecule has 0 atom stereocenters. The molecule has 1 saturated heterocycles. The molecule has 0 aromatic carbocycles. The standard InChI is InChI=1S/C11H19F3N2O2/c1-2-4-10(15)6-16(7-10)9(17)3-5-18-8-11(12,13)14/h2-8,15H2,1H3. The Morgan fingerprint density at radius 2 is 2.06 bits per heavy atom. The molecule has 1 aliphatic rings. The van der Waals surface area contributed by atoms with Crippen LogP contribution in [-0.4, -0.2) is 48.8 Å². The van der Waals surface area contributed by atoms with Gasteiger partial charge in [-0.15, -0.1) is 0 Å². The summed E-state index contributed by atoms with van der Waals surface area (Å²) in [5, 5.41) is 0. The third-order valence-corrected chi connectivity index (χ3v) is 2.84. The number of halogens is 3. The number of likely N-dealkylation sites (tertiary alicyclic amines) is 1. The molecule has 1 aliphatic heterocycles. The Balaban J connectivity index is 2.13. The average molecular weight is 268 g/mol. The molecule has 106 valence electrons. The molecule has 1 rings (SSSR count). The van der Waals surface area contributed by atoms with Crippen LogP contribution >= 0.6 is 0 Å². The molecule has 0 spiro atoms. The van der Waals surface area contributed by atoms with E-state index in [1.165, 1.54) is 0 Å². The first-order chi connectivity index (χ1) is 8.26. The second-order valence-corrected chi connectivity index (χ2v) is 4.78. The summed E-state index contributed by atoms with van der Waals surface area (Å²) in [6, 6.07) is 0. The van der Waals surface area contributed by atoms with Crippen molar-refractivity contribution in [3.63, 3.8) is 0 Å². The van der Waals surface area contributed by atoms with Crippen molar-refractivity contribution in [1.29, 1.82) is 0 Å². The van der Waals surface area contributed by atoms with Gasteiger partial charge >= 0.3 is 6.18 Å². The number of nitrogens with zero attached hydrogens (tertiary/aromatic N) is 1. The smallest absolute Gasteiger partial charge is 0.372 e. The van der Waals surface area contributed by atoms with E-state index in [4.69, 9.17) is 5.73 Å². The van der Waals surface area contributed by atoms with Crippen molar-refractivity contribution in [3.8, 4) is 0 Å². The van der Waals surface area contributed by atoms with Crippen LogP contribution in [-0.2, 0) is 9.53 Å². The Morgan fingerprint density at radius 1 is 1.44 bits per heavy atom. The Kier molecular flexibility index (Phi) is 4.98. The monoisotopic (exact) mass is 268 g/mol. The number of carbonyl (C=O) groups is 1. The molecular weight excluding hydrogens is 249 g/mol. The lowest BCUT2D eigenvalue weighted by Gasteiger charge is -2.47. The highest BCUT2D eigenvalue weighted by atomic mass is 19.4. The fourth-order valence-corrected chi connectivity index (χ4v) is 2.05. The van der Waals surface area contributed by atoms with E-state index in [-0.39, 0.29) is 24.5 Å². The number of nitrogens with two attached hydrogens (primary N) is 1. The number of hydrogen-bond acceptors (Lipinski definition) is 3. The quantitative estimate of drug-likeness (QED) is 0.739. The van der Waals surface area contributed by atoms with Gasteiger partial charge in [0.1, 0.15) is 6.61 Å². The number of carbonyl (C=O) groups excluding carboxylic acids is 1. The van der Waals surface area contributed by atoms with Crippen molar-refractivity contribution < 1.29 is 22.7 Å². The lowest BCUT2D eigenvalue weighted by molar-refractivity contribution is -0.175. The Morgan fingerprint density at radius 3 is 2.56 bits per heavy atom. The van der Waals surface area contributed by atoms with Crippen molar-refractivity contribution in [1.82, 2.24) is 4.90 Å². The molecular formula is C11H19F3N2O2. The summed E-state index contributed by atoms with van der Waals surface area (Å²) in [6.07, 6.45) is -2.57. The van der Waals surface area contributed by atoms with Crippen LogP contribution in [0.2, 0.25) is 0 Å². The van der Waals surface area contributed by atoms with Gasteiger partial charge in [-0.05, 0) is 6.42 Å². The van der Waals surface area contributed by atoms with E-state index in [1.807, 2.05) is 6.92 Å². The van der Waals surface area contributed by atoms with Gasteiger partial charge in [0.25, 0.3) is 0 Å². The number of rotatable bonds is 6. The summed E-state index contributed by atoms with van der Waals surface area (Å²) < 4.78 is 39.7. The average Bonchev–Trinajstić information content (AvgIpc) is 2.19. The maximum atomic E-state index is 11.8. The predicted molar refractivity (Wildman–Crippen MR) is 59.9 cm³/mol. The lowest BCUT2D eigenvalue weighted by Crippen LogP contribution is -2.68. The van der Waals surface area contributed by atoms with Crippen molar-refractivity contribution in [2.24, 2.45) is 5.73 Å². The third-order valence-electron chi connectivity index (χ3n) is 2.84. The summed E-state index contributed by atoms with van der Waals surface area (Å²) in [7, 11) is 0. The Bertz CT molecular complexity index is 289. The van der Waals surface area contributed by atoms with Crippen LogP contribution in [0.4, 0.5) is 13.2 Å². The highest BCUT2D eigenvalue weighted by molar-refractivity contribution is 5.77. The number of amides is 1. The molecule has 1 fully saturated rings. The maximum Gasteiger partial charge on any atom is 0.411 e. The molecule has 0 aliphatic carbocycles. The molecule has 0 radical (unpaired) electrons. The molecule has 0 bridgehead atoms. The highest BCUT2D eigenvalue weighted by Gasteiger charge is 2.40. The Labute approximate surface area is 104 Å². The van der Waals surface area contributed by atoms with Gasteiger partial charge in [0, 0.05) is 13.1 Å². The second-order valence-electron chi connectivity index (χ2n) is 4.78. The first-order valence-corrected chi connectivity index (χ1v) is 5.97. The van der Waals surface area contributed by atoms with Gasteiger partial charge < -0.3 is 15.4 Å². The van der Waals surface area contributed by atoms with Crippen molar-refractivity contribution in [2.45, 2.75) is 37.9 Å². The van der Waals surface area contributed by atoms with Gasteiger partial charge in [0.05, 0.1) is 18.6 Å². The van der Waals surface area contributed by atoms with E-state index in [9.17, 15) is 18.0 Å². The first-order valence-electron chi connectivity index (χ1n) is 5.97. The van der Waals surface area contributed by atoms with Gasteiger partial charge in [-0.3, -0.25) is 4.79 Å². The number of ether oxygens (including phenoxy) is 1. The summed E-state index contributed by atoms with van der Waals surface area (Å²) in [6.45, 7) is 1.47. The van der Waals surface area contributed by atoms with E-state index in [0.29, 0.717) is 13.1 Å². The van der Waals surface area contributed by atoms with Crippen molar-refractivity contribution in [3.05, 3.63) is 0 Å². The van der Waals surface area contributed by atoms with Crippen molar-refractivity contribution >= 4 is 5.91 Å².